The molecular formula is C20H41NSi. The molecule has 0 saturated heterocycles. The summed E-state index contributed by atoms with van der Waals surface area (Å²) in [5.74, 6) is 3.54. The average molecular weight is 324 g/mol. The van der Waals surface area contributed by atoms with Gasteiger partial charge in [0.1, 0.15) is 8.07 Å². The van der Waals surface area contributed by atoms with Crippen LogP contribution in [0.1, 0.15) is 85.5 Å². The van der Waals surface area contributed by atoms with Gasteiger partial charge in [0.2, 0.25) is 0 Å². The summed E-state index contributed by atoms with van der Waals surface area (Å²) in [6.07, 6.45) is 12.3. The number of rotatable bonds is 10. The van der Waals surface area contributed by atoms with Gasteiger partial charge in [-0.1, -0.05) is 83.9 Å². The number of hydrogen-bond acceptors (Lipinski definition) is 1. The summed E-state index contributed by atoms with van der Waals surface area (Å²) in [6, 6.07) is 0.367. The van der Waals surface area contributed by atoms with Gasteiger partial charge >= 0.3 is 0 Å². The molecular weight excluding hydrogens is 282 g/mol. The maximum atomic E-state index is 3.70. The third kappa shape index (κ3) is 16.1. The Bertz CT molecular complexity index is 324. The largest absolute Gasteiger partial charge is 0.299 e. The van der Waals surface area contributed by atoms with Crippen molar-refractivity contribution in [3.63, 3.8) is 0 Å². The first-order chi connectivity index (χ1) is 10.1. The molecule has 0 fully saturated rings. The van der Waals surface area contributed by atoms with Crippen LogP contribution in [0, 0.1) is 11.5 Å². The fraction of sp³-hybridized carbons (Fsp3) is 0.900. The first-order valence-electron chi connectivity index (χ1n) is 9.44. The van der Waals surface area contributed by atoms with Crippen LogP contribution in [0.15, 0.2) is 0 Å². The highest BCUT2D eigenvalue weighted by Crippen LogP contribution is 2.12. The van der Waals surface area contributed by atoms with Crippen LogP contribution in [0.4, 0.5) is 0 Å². The summed E-state index contributed by atoms with van der Waals surface area (Å²) in [4.78, 5) is 0. The molecule has 1 atom stereocenters. The molecule has 0 heterocycles. The second-order valence-electron chi connectivity index (χ2n) is 8.73. The topological polar surface area (TPSA) is 12.0 Å². The van der Waals surface area contributed by atoms with Gasteiger partial charge in [0.05, 0.1) is 6.04 Å². The Kier molecular flexibility index (Phi) is 11.2. The molecule has 1 nitrogen and oxygen atoms in total. The Morgan fingerprint density at radius 1 is 0.864 bits per heavy atom. The Hall–Kier alpha value is -0.263. The van der Waals surface area contributed by atoms with Gasteiger partial charge in [0.25, 0.3) is 0 Å². The molecule has 0 aromatic heterocycles. The van der Waals surface area contributed by atoms with E-state index in [0.29, 0.717) is 6.04 Å². The molecule has 0 amide bonds. The number of hydrogen-bond donors (Lipinski definition) is 1. The molecule has 0 aliphatic rings. The van der Waals surface area contributed by atoms with E-state index in [2.05, 4.69) is 64.1 Å². The van der Waals surface area contributed by atoms with Crippen LogP contribution in [0.2, 0.25) is 19.6 Å². The SMILES string of the molecule is CCCCCCCCCCC(C#C[Si](C)(C)C)NC(C)(C)C. The summed E-state index contributed by atoms with van der Waals surface area (Å²) >= 11 is 0. The van der Waals surface area contributed by atoms with Crippen LogP contribution in [0.25, 0.3) is 0 Å². The molecule has 2 heteroatoms. The number of nitrogens with one attached hydrogen (secondary N) is 1. The molecule has 0 aromatic rings. The third-order valence-corrected chi connectivity index (χ3v) is 4.47. The van der Waals surface area contributed by atoms with Gasteiger partial charge in [-0.2, -0.15) is 0 Å². The van der Waals surface area contributed by atoms with Gasteiger partial charge in [0, 0.05) is 5.54 Å². The lowest BCUT2D eigenvalue weighted by molar-refractivity contribution is 0.378. The van der Waals surface area contributed by atoms with Crippen LogP contribution in [-0.2, 0) is 0 Å². The van der Waals surface area contributed by atoms with E-state index in [0.717, 1.165) is 0 Å². The first-order valence-corrected chi connectivity index (χ1v) is 12.9. The molecule has 0 aliphatic heterocycles. The normalized spacial score (nSPS) is 13.6. The van der Waals surface area contributed by atoms with Crippen molar-refractivity contribution in [3.8, 4) is 11.5 Å². The van der Waals surface area contributed by atoms with Crippen LogP contribution < -0.4 is 5.32 Å². The Morgan fingerprint density at radius 3 is 1.82 bits per heavy atom. The maximum absolute atomic E-state index is 3.70. The molecule has 0 spiro atoms. The van der Waals surface area contributed by atoms with Crippen molar-refractivity contribution in [2.45, 2.75) is 117 Å². The summed E-state index contributed by atoms with van der Waals surface area (Å²) in [6.45, 7) is 16.0. The van der Waals surface area contributed by atoms with E-state index in [1.807, 2.05) is 0 Å². The zero-order valence-corrected chi connectivity index (χ0v) is 17.4. The molecule has 22 heavy (non-hydrogen) atoms. The smallest absolute Gasteiger partial charge is 0.129 e. The monoisotopic (exact) mass is 323 g/mol. The van der Waals surface area contributed by atoms with Crippen molar-refractivity contribution >= 4 is 8.07 Å². The van der Waals surface area contributed by atoms with Crippen molar-refractivity contribution in [1.29, 1.82) is 0 Å². The molecule has 1 unspecified atom stereocenters. The molecule has 130 valence electrons. The maximum Gasteiger partial charge on any atom is 0.129 e. The van der Waals surface area contributed by atoms with Crippen LogP contribution in [0.5, 0.6) is 0 Å². The second kappa shape index (κ2) is 11.3. The third-order valence-electron chi connectivity index (χ3n) is 3.57. The van der Waals surface area contributed by atoms with Gasteiger partial charge < -0.3 is 0 Å². The molecule has 0 aromatic carbocycles. The lowest BCUT2D eigenvalue weighted by Crippen LogP contribution is -2.43. The zero-order chi connectivity index (χ0) is 17.1. The Labute approximate surface area is 142 Å². The lowest BCUT2D eigenvalue weighted by atomic mass is 10.0. The van der Waals surface area contributed by atoms with Crippen LogP contribution >= 0.6 is 0 Å². The van der Waals surface area contributed by atoms with E-state index in [9.17, 15) is 0 Å². The van der Waals surface area contributed by atoms with Gasteiger partial charge in [-0.3, -0.25) is 5.32 Å². The fourth-order valence-electron chi connectivity index (χ4n) is 2.49. The summed E-state index contributed by atoms with van der Waals surface area (Å²) < 4.78 is 0. The van der Waals surface area contributed by atoms with E-state index >= 15 is 0 Å². The summed E-state index contributed by atoms with van der Waals surface area (Å²) in [7, 11) is -1.27. The highest BCUT2D eigenvalue weighted by atomic mass is 28.3. The minimum Gasteiger partial charge on any atom is -0.299 e. The molecule has 0 bridgehead atoms. The Morgan fingerprint density at radius 2 is 1.36 bits per heavy atom. The van der Waals surface area contributed by atoms with Gasteiger partial charge in [0.15, 0.2) is 0 Å². The fourth-order valence-corrected chi connectivity index (χ4v) is 3.10. The molecule has 0 rings (SSSR count). The van der Waals surface area contributed by atoms with Gasteiger partial charge in [-0.15, -0.1) is 5.54 Å². The standard InChI is InChI=1S/C20H41NSi/c1-8-9-10-11-12-13-14-15-16-19(21-20(2,3)4)17-18-22(5,6)7/h19,21H,8-16H2,1-7H3. The highest BCUT2D eigenvalue weighted by Gasteiger charge is 2.16. The Balaban J connectivity index is 4.06. The summed E-state index contributed by atoms with van der Waals surface area (Å²) in [5.41, 5.74) is 3.70. The second-order valence-corrected chi connectivity index (χ2v) is 13.5. The van der Waals surface area contributed by atoms with Crippen LogP contribution in [0.3, 0.4) is 0 Å². The first kappa shape index (κ1) is 21.7. The highest BCUT2D eigenvalue weighted by molar-refractivity contribution is 6.83. The van der Waals surface area contributed by atoms with E-state index < -0.39 is 8.07 Å². The predicted molar refractivity (Wildman–Crippen MR) is 105 cm³/mol. The summed E-state index contributed by atoms with van der Waals surface area (Å²) in [5, 5.41) is 3.70. The molecule has 1 N–H and O–H groups in total. The van der Waals surface area contributed by atoms with Crippen molar-refractivity contribution in [2.24, 2.45) is 0 Å². The van der Waals surface area contributed by atoms with Crippen molar-refractivity contribution in [2.75, 3.05) is 0 Å². The average Bonchev–Trinajstić information content (AvgIpc) is 2.36. The lowest BCUT2D eigenvalue weighted by Gasteiger charge is -2.26. The van der Waals surface area contributed by atoms with Crippen molar-refractivity contribution < 1.29 is 0 Å². The van der Waals surface area contributed by atoms with E-state index in [1.54, 1.807) is 0 Å². The van der Waals surface area contributed by atoms with E-state index in [1.165, 1.54) is 57.8 Å². The minimum atomic E-state index is -1.27. The van der Waals surface area contributed by atoms with E-state index in [4.69, 9.17) is 0 Å². The minimum absolute atomic E-state index is 0.152. The van der Waals surface area contributed by atoms with Gasteiger partial charge in [-0.25, -0.2) is 0 Å². The van der Waals surface area contributed by atoms with E-state index in [-0.39, 0.29) is 5.54 Å². The zero-order valence-electron chi connectivity index (χ0n) is 16.4. The molecule has 0 radical (unpaired) electrons. The molecule has 0 aliphatic carbocycles. The van der Waals surface area contributed by atoms with Crippen molar-refractivity contribution in [1.82, 2.24) is 5.32 Å². The van der Waals surface area contributed by atoms with Crippen molar-refractivity contribution in [3.05, 3.63) is 0 Å². The quantitative estimate of drug-likeness (QED) is 0.288. The van der Waals surface area contributed by atoms with Crippen LogP contribution in [-0.4, -0.2) is 19.7 Å². The van der Waals surface area contributed by atoms with Gasteiger partial charge in [-0.05, 0) is 27.2 Å². The predicted octanol–water partition coefficient (Wildman–Crippen LogP) is 6.15. The molecule has 0 saturated carbocycles. The number of unbranched alkanes of at least 4 members (excludes halogenated alkanes) is 7.